The summed E-state index contributed by atoms with van der Waals surface area (Å²) in [7, 11) is 1.94. The topological polar surface area (TPSA) is 38.0 Å². The minimum Gasteiger partial charge on any atom is -0.390 e. The number of aliphatic hydroxyl groups is 1. The Bertz CT molecular complexity index is 383. The van der Waals surface area contributed by atoms with Crippen molar-refractivity contribution in [1.29, 1.82) is 0 Å². The molecule has 1 aromatic rings. The highest BCUT2D eigenvalue weighted by Crippen LogP contribution is 2.28. The molecule has 0 spiro atoms. The second kappa shape index (κ2) is 5.53. The Morgan fingerprint density at radius 2 is 2.06 bits per heavy atom. The molecule has 0 aliphatic rings. The Hall–Kier alpha value is -0.350. The molecule has 98 valence electrons. The lowest BCUT2D eigenvalue weighted by Gasteiger charge is -2.25. The Kier molecular flexibility index (Phi) is 4.78. The van der Waals surface area contributed by atoms with Crippen LogP contribution < -0.4 is 0 Å². The van der Waals surface area contributed by atoms with E-state index < -0.39 is 5.60 Å². The molecule has 4 heteroatoms. The van der Waals surface area contributed by atoms with Gasteiger partial charge in [-0.3, -0.25) is 4.68 Å². The second-order valence-corrected chi connectivity index (χ2v) is 6.25. The molecule has 17 heavy (non-hydrogen) atoms. The fraction of sp³-hybridized carbons (Fsp3) is 0.769. The smallest absolute Gasteiger partial charge is 0.0766 e. The van der Waals surface area contributed by atoms with Crippen LogP contribution in [0.1, 0.15) is 45.5 Å². The average molecular weight is 303 g/mol. The maximum atomic E-state index is 10.4. The van der Waals surface area contributed by atoms with Crippen LogP contribution in [0, 0.1) is 5.92 Å². The summed E-state index contributed by atoms with van der Waals surface area (Å²) in [6.07, 6.45) is 2.34. The Morgan fingerprint density at radius 3 is 2.47 bits per heavy atom. The van der Waals surface area contributed by atoms with E-state index in [1.54, 1.807) is 0 Å². The van der Waals surface area contributed by atoms with Crippen molar-refractivity contribution in [2.45, 2.75) is 52.6 Å². The van der Waals surface area contributed by atoms with Crippen LogP contribution in [0.4, 0.5) is 0 Å². The standard InChI is InChI=1S/C13H23BrN2O/c1-6-10-12(14)11(16(5)15-10)8-13(4,17)7-9(2)3/h9,17H,6-8H2,1-5H3. The van der Waals surface area contributed by atoms with E-state index in [9.17, 15) is 5.11 Å². The van der Waals surface area contributed by atoms with E-state index in [1.165, 1.54) is 0 Å². The van der Waals surface area contributed by atoms with Crippen LogP contribution in [0.25, 0.3) is 0 Å². The molecular weight excluding hydrogens is 280 g/mol. The van der Waals surface area contributed by atoms with Crippen LogP contribution in [0.5, 0.6) is 0 Å². The number of halogens is 1. The van der Waals surface area contributed by atoms with Crippen molar-refractivity contribution in [3.05, 3.63) is 15.9 Å². The van der Waals surface area contributed by atoms with E-state index in [4.69, 9.17) is 0 Å². The molecule has 0 aromatic carbocycles. The Labute approximate surface area is 112 Å². The summed E-state index contributed by atoms with van der Waals surface area (Å²) in [5.41, 5.74) is 1.46. The monoisotopic (exact) mass is 302 g/mol. The molecule has 1 heterocycles. The van der Waals surface area contributed by atoms with Gasteiger partial charge in [-0.05, 0) is 41.6 Å². The maximum absolute atomic E-state index is 10.4. The highest BCUT2D eigenvalue weighted by atomic mass is 79.9. The number of hydrogen-bond donors (Lipinski definition) is 1. The van der Waals surface area contributed by atoms with Crippen molar-refractivity contribution in [2.75, 3.05) is 0 Å². The van der Waals surface area contributed by atoms with Crippen molar-refractivity contribution in [3.63, 3.8) is 0 Å². The molecular formula is C13H23BrN2O. The summed E-state index contributed by atoms with van der Waals surface area (Å²) in [4.78, 5) is 0. The maximum Gasteiger partial charge on any atom is 0.0766 e. The molecule has 0 aliphatic heterocycles. The van der Waals surface area contributed by atoms with Crippen LogP contribution in [-0.2, 0) is 19.9 Å². The number of nitrogens with zero attached hydrogens (tertiary/aromatic N) is 2. The van der Waals surface area contributed by atoms with Crippen molar-refractivity contribution in [1.82, 2.24) is 9.78 Å². The minimum atomic E-state index is -0.671. The van der Waals surface area contributed by atoms with Gasteiger partial charge < -0.3 is 5.11 Å². The molecule has 1 N–H and O–H groups in total. The largest absolute Gasteiger partial charge is 0.390 e. The van der Waals surface area contributed by atoms with Gasteiger partial charge in [-0.15, -0.1) is 0 Å². The molecule has 0 saturated heterocycles. The second-order valence-electron chi connectivity index (χ2n) is 5.46. The molecule has 0 radical (unpaired) electrons. The van der Waals surface area contributed by atoms with Crippen LogP contribution >= 0.6 is 15.9 Å². The summed E-state index contributed by atoms with van der Waals surface area (Å²) in [6.45, 7) is 8.25. The molecule has 1 rings (SSSR count). The summed E-state index contributed by atoms with van der Waals surface area (Å²) >= 11 is 3.59. The van der Waals surface area contributed by atoms with Gasteiger partial charge in [-0.2, -0.15) is 5.10 Å². The number of aromatic nitrogens is 2. The van der Waals surface area contributed by atoms with Gasteiger partial charge in [0.15, 0.2) is 0 Å². The van der Waals surface area contributed by atoms with Crippen molar-refractivity contribution >= 4 is 15.9 Å². The lowest BCUT2D eigenvalue weighted by molar-refractivity contribution is 0.0369. The van der Waals surface area contributed by atoms with E-state index in [-0.39, 0.29) is 0 Å². The third-order valence-electron chi connectivity index (χ3n) is 2.90. The zero-order valence-electron chi connectivity index (χ0n) is 11.4. The first-order valence-electron chi connectivity index (χ1n) is 6.19. The van der Waals surface area contributed by atoms with Gasteiger partial charge in [0.1, 0.15) is 0 Å². The summed E-state index contributed by atoms with van der Waals surface area (Å²) < 4.78 is 2.92. The highest BCUT2D eigenvalue weighted by molar-refractivity contribution is 9.10. The van der Waals surface area contributed by atoms with Gasteiger partial charge in [0.25, 0.3) is 0 Å². The Balaban J connectivity index is 2.91. The zero-order chi connectivity index (χ0) is 13.2. The molecule has 1 aromatic heterocycles. The lowest BCUT2D eigenvalue weighted by Crippen LogP contribution is -2.30. The van der Waals surface area contributed by atoms with Gasteiger partial charge >= 0.3 is 0 Å². The van der Waals surface area contributed by atoms with Crippen molar-refractivity contribution < 1.29 is 5.11 Å². The minimum absolute atomic E-state index is 0.489. The quantitative estimate of drug-likeness (QED) is 0.908. The van der Waals surface area contributed by atoms with E-state index in [0.29, 0.717) is 12.3 Å². The van der Waals surface area contributed by atoms with Crippen LogP contribution in [0.3, 0.4) is 0 Å². The third kappa shape index (κ3) is 3.81. The van der Waals surface area contributed by atoms with E-state index in [1.807, 2.05) is 18.7 Å². The molecule has 0 fully saturated rings. The predicted molar refractivity (Wildman–Crippen MR) is 74.1 cm³/mol. The number of hydrogen-bond acceptors (Lipinski definition) is 2. The van der Waals surface area contributed by atoms with Gasteiger partial charge in [-0.1, -0.05) is 20.8 Å². The summed E-state index contributed by atoms with van der Waals surface area (Å²) in [5.74, 6) is 0.489. The fourth-order valence-electron chi connectivity index (χ4n) is 2.32. The van der Waals surface area contributed by atoms with E-state index in [2.05, 4.69) is 41.8 Å². The predicted octanol–water partition coefficient (Wildman–Crippen LogP) is 3.08. The molecule has 0 saturated carbocycles. The SMILES string of the molecule is CCc1nn(C)c(CC(C)(O)CC(C)C)c1Br. The van der Waals surface area contributed by atoms with Crippen LogP contribution in [-0.4, -0.2) is 20.5 Å². The van der Waals surface area contributed by atoms with Crippen LogP contribution in [0.2, 0.25) is 0 Å². The molecule has 3 nitrogen and oxygen atoms in total. The average Bonchev–Trinajstić information content (AvgIpc) is 2.42. The Morgan fingerprint density at radius 1 is 1.47 bits per heavy atom. The number of aryl methyl sites for hydroxylation is 2. The molecule has 1 atom stereocenters. The van der Waals surface area contributed by atoms with Crippen molar-refractivity contribution in [3.8, 4) is 0 Å². The summed E-state index contributed by atoms with van der Waals surface area (Å²) in [6, 6.07) is 0. The molecule has 0 amide bonds. The van der Waals surface area contributed by atoms with Crippen molar-refractivity contribution in [2.24, 2.45) is 13.0 Å². The van der Waals surface area contributed by atoms with Gasteiger partial charge in [0.2, 0.25) is 0 Å². The zero-order valence-corrected chi connectivity index (χ0v) is 13.0. The molecule has 0 bridgehead atoms. The first-order valence-corrected chi connectivity index (χ1v) is 6.98. The first-order chi connectivity index (χ1) is 7.76. The van der Waals surface area contributed by atoms with Gasteiger partial charge in [0, 0.05) is 13.5 Å². The summed E-state index contributed by atoms with van der Waals surface area (Å²) in [5, 5.41) is 14.9. The van der Waals surface area contributed by atoms with E-state index in [0.717, 1.165) is 28.7 Å². The molecule has 1 unspecified atom stereocenters. The highest BCUT2D eigenvalue weighted by Gasteiger charge is 2.26. The van der Waals surface area contributed by atoms with Gasteiger partial charge in [0.05, 0.1) is 21.5 Å². The lowest BCUT2D eigenvalue weighted by atomic mass is 9.90. The van der Waals surface area contributed by atoms with Gasteiger partial charge in [-0.25, -0.2) is 0 Å². The third-order valence-corrected chi connectivity index (χ3v) is 3.81. The first kappa shape index (κ1) is 14.7. The number of rotatable bonds is 5. The molecule has 0 aliphatic carbocycles. The normalized spacial score (nSPS) is 15.3. The fourth-order valence-corrected chi connectivity index (χ4v) is 3.08. The van der Waals surface area contributed by atoms with Crippen LogP contribution in [0.15, 0.2) is 4.47 Å². The van der Waals surface area contributed by atoms with E-state index >= 15 is 0 Å².